The van der Waals surface area contributed by atoms with Gasteiger partial charge in [-0.15, -0.1) is 0 Å². The number of hydrogen-bond donors (Lipinski definition) is 1. The average molecular weight is 342 g/mol. The number of aryl methyl sites for hydroxylation is 2. The summed E-state index contributed by atoms with van der Waals surface area (Å²) in [7, 11) is 0. The van der Waals surface area contributed by atoms with E-state index < -0.39 is 0 Å². The van der Waals surface area contributed by atoms with Gasteiger partial charge in [0.2, 0.25) is 0 Å². The highest BCUT2D eigenvalue weighted by molar-refractivity contribution is 5.61. The molecule has 2 atom stereocenters. The van der Waals surface area contributed by atoms with Crippen LogP contribution in [0.1, 0.15) is 53.3 Å². The molecule has 0 saturated heterocycles. The summed E-state index contributed by atoms with van der Waals surface area (Å²) in [6, 6.07) is 22.0. The molecule has 0 fully saturated rings. The van der Waals surface area contributed by atoms with E-state index in [0.29, 0.717) is 5.92 Å². The monoisotopic (exact) mass is 342 g/mol. The molecule has 1 aliphatic heterocycles. The Kier molecular flexibility index (Phi) is 4.60. The van der Waals surface area contributed by atoms with Gasteiger partial charge in [0.1, 0.15) is 0 Å². The van der Waals surface area contributed by atoms with Crippen molar-refractivity contribution in [1.29, 1.82) is 0 Å². The van der Waals surface area contributed by atoms with E-state index in [1.54, 1.807) is 0 Å². The number of pyridine rings is 1. The van der Waals surface area contributed by atoms with Crippen molar-refractivity contribution >= 4 is 0 Å². The Morgan fingerprint density at radius 1 is 0.923 bits per heavy atom. The molecule has 2 heterocycles. The Morgan fingerprint density at radius 3 is 2.38 bits per heavy atom. The van der Waals surface area contributed by atoms with Gasteiger partial charge in [-0.25, -0.2) is 0 Å². The first kappa shape index (κ1) is 17.0. The summed E-state index contributed by atoms with van der Waals surface area (Å²) >= 11 is 0. The molecule has 2 heteroatoms. The second-order valence-corrected chi connectivity index (χ2v) is 7.40. The van der Waals surface area contributed by atoms with Gasteiger partial charge in [-0.3, -0.25) is 4.98 Å². The average Bonchev–Trinajstić information content (AvgIpc) is 2.66. The van der Waals surface area contributed by atoms with E-state index in [-0.39, 0.29) is 6.04 Å². The molecule has 132 valence electrons. The first-order chi connectivity index (χ1) is 12.7. The molecule has 1 aliphatic rings. The van der Waals surface area contributed by atoms with E-state index in [0.717, 1.165) is 24.4 Å². The number of rotatable bonds is 3. The van der Waals surface area contributed by atoms with Crippen LogP contribution in [0.3, 0.4) is 0 Å². The zero-order valence-electron chi connectivity index (χ0n) is 15.8. The zero-order chi connectivity index (χ0) is 18.1. The highest BCUT2D eigenvalue weighted by Crippen LogP contribution is 2.35. The van der Waals surface area contributed by atoms with Crippen LogP contribution in [0, 0.1) is 13.8 Å². The largest absolute Gasteiger partial charge is 0.304 e. The fourth-order valence-electron chi connectivity index (χ4n) is 4.15. The van der Waals surface area contributed by atoms with Crippen LogP contribution in [0.2, 0.25) is 0 Å². The molecule has 0 spiro atoms. The van der Waals surface area contributed by atoms with Crippen LogP contribution in [0.5, 0.6) is 0 Å². The Hall–Kier alpha value is -2.45. The van der Waals surface area contributed by atoms with Crippen molar-refractivity contribution in [2.24, 2.45) is 0 Å². The number of fused-ring (bicyclic) bond motifs is 1. The summed E-state index contributed by atoms with van der Waals surface area (Å²) in [5.74, 6) is 0.588. The normalized spacial score (nSPS) is 19.2. The first-order valence-corrected chi connectivity index (χ1v) is 9.53. The van der Waals surface area contributed by atoms with E-state index in [9.17, 15) is 0 Å². The fourth-order valence-corrected chi connectivity index (χ4v) is 4.15. The number of nitrogens with zero attached hydrogens (tertiary/aromatic N) is 1. The lowest BCUT2D eigenvalue weighted by Gasteiger charge is -2.32. The first-order valence-electron chi connectivity index (χ1n) is 9.53. The van der Waals surface area contributed by atoms with Crippen molar-refractivity contribution < 1.29 is 0 Å². The molecule has 1 aromatic heterocycles. The third-order valence-electron chi connectivity index (χ3n) is 5.39. The van der Waals surface area contributed by atoms with Crippen molar-refractivity contribution in [3.05, 3.63) is 88.6 Å². The SMILES string of the molecule is CC[C@H]1CNC(c2cccc(-c3cc(C)cc(C)c3)n2)c2ccccc21. The molecular formula is C24H26N2. The second kappa shape index (κ2) is 7.05. The molecule has 26 heavy (non-hydrogen) atoms. The smallest absolute Gasteiger partial charge is 0.0754 e. The minimum Gasteiger partial charge on any atom is -0.304 e. The minimum absolute atomic E-state index is 0.167. The maximum Gasteiger partial charge on any atom is 0.0754 e. The fraction of sp³-hybridized carbons (Fsp3) is 0.292. The topological polar surface area (TPSA) is 24.9 Å². The van der Waals surface area contributed by atoms with E-state index >= 15 is 0 Å². The Morgan fingerprint density at radius 2 is 1.65 bits per heavy atom. The predicted octanol–water partition coefficient (Wildman–Crippen LogP) is 5.55. The number of nitrogens with one attached hydrogen (secondary N) is 1. The zero-order valence-corrected chi connectivity index (χ0v) is 15.8. The van der Waals surface area contributed by atoms with Crippen molar-refractivity contribution in [3.8, 4) is 11.3 Å². The minimum atomic E-state index is 0.167. The molecule has 1 unspecified atom stereocenters. The molecule has 0 aliphatic carbocycles. The lowest BCUT2D eigenvalue weighted by atomic mass is 9.84. The highest BCUT2D eigenvalue weighted by atomic mass is 15.0. The van der Waals surface area contributed by atoms with Gasteiger partial charge in [0.15, 0.2) is 0 Å². The maximum absolute atomic E-state index is 5.04. The summed E-state index contributed by atoms with van der Waals surface area (Å²) in [5.41, 5.74) is 8.74. The van der Waals surface area contributed by atoms with Crippen molar-refractivity contribution in [2.45, 2.75) is 39.2 Å². The molecule has 0 amide bonds. The van der Waals surface area contributed by atoms with Crippen molar-refractivity contribution in [1.82, 2.24) is 10.3 Å². The second-order valence-electron chi connectivity index (χ2n) is 7.40. The summed E-state index contributed by atoms with van der Waals surface area (Å²) in [6.07, 6.45) is 1.16. The Balaban J connectivity index is 1.75. The molecule has 0 bridgehead atoms. The van der Waals surface area contributed by atoms with Crippen LogP contribution < -0.4 is 5.32 Å². The van der Waals surface area contributed by atoms with Crippen LogP contribution in [-0.4, -0.2) is 11.5 Å². The summed E-state index contributed by atoms with van der Waals surface area (Å²) in [6.45, 7) is 7.56. The lowest BCUT2D eigenvalue weighted by Crippen LogP contribution is -2.34. The van der Waals surface area contributed by atoms with Gasteiger partial charge in [-0.2, -0.15) is 0 Å². The van der Waals surface area contributed by atoms with E-state index in [4.69, 9.17) is 4.98 Å². The summed E-state index contributed by atoms with van der Waals surface area (Å²) in [4.78, 5) is 5.04. The van der Waals surface area contributed by atoms with Gasteiger partial charge in [-0.1, -0.05) is 54.4 Å². The van der Waals surface area contributed by atoms with E-state index in [1.165, 1.54) is 27.8 Å². The number of hydrogen-bond acceptors (Lipinski definition) is 2. The summed E-state index contributed by atoms with van der Waals surface area (Å²) in [5, 5.41) is 3.73. The molecule has 4 rings (SSSR count). The molecule has 1 N–H and O–H groups in total. The van der Waals surface area contributed by atoms with E-state index in [2.05, 4.69) is 86.8 Å². The maximum atomic E-state index is 5.04. The molecule has 0 saturated carbocycles. The van der Waals surface area contributed by atoms with Gasteiger partial charge in [0.25, 0.3) is 0 Å². The molecule has 2 aromatic carbocycles. The summed E-state index contributed by atoms with van der Waals surface area (Å²) < 4.78 is 0. The Labute approximate surface area is 156 Å². The van der Waals surface area contributed by atoms with Crippen LogP contribution in [0.25, 0.3) is 11.3 Å². The molecule has 0 radical (unpaired) electrons. The third-order valence-corrected chi connectivity index (χ3v) is 5.39. The van der Waals surface area contributed by atoms with Crippen LogP contribution in [0.15, 0.2) is 60.7 Å². The van der Waals surface area contributed by atoms with Gasteiger partial charge in [0, 0.05) is 12.1 Å². The van der Waals surface area contributed by atoms with Crippen molar-refractivity contribution in [3.63, 3.8) is 0 Å². The lowest BCUT2D eigenvalue weighted by molar-refractivity contribution is 0.481. The van der Waals surface area contributed by atoms with Gasteiger partial charge in [0.05, 0.1) is 17.4 Å². The van der Waals surface area contributed by atoms with E-state index in [1.807, 2.05) is 0 Å². The van der Waals surface area contributed by atoms with Crippen LogP contribution in [0.4, 0.5) is 0 Å². The van der Waals surface area contributed by atoms with Gasteiger partial charge >= 0.3 is 0 Å². The third kappa shape index (κ3) is 3.17. The van der Waals surface area contributed by atoms with Gasteiger partial charge in [-0.05, 0) is 61.6 Å². The quantitative estimate of drug-likeness (QED) is 0.675. The predicted molar refractivity (Wildman–Crippen MR) is 108 cm³/mol. The standard InChI is InChI=1S/C24H26N2/c1-4-18-15-25-24(21-9-6-5-8-20(18)21)23-11-7-10-22(26-23)19-13-16(2)12-17(3)14-19/h5-14,18,24-25H,4,15H2,1-3H3/t18-,24?/m0/s1. The Bertz CT molecular complexity index is 909. The highest BCUT2D eigenvalue weighted by Gasteiger charge is 2.27. The molecule has 3 aromatic rings. The van der Waals surface area contributed by atoms with Gasteiger partial charge < -0.3 is 5.32 Å². The molecular weight excluding hydrogens is 316 g/mol. The molecule has 2 nitrogen and oxygen atoms in total. The number of aromatic nitrogens is 1. The van der Waals surface area contributed by atoms with Crippen LogP contribution >= 0.6 is 0 Å². The van der Waals surface area contributed by atoms with Crippen LogP contribution in [-0.2, 0) is 0 Å². The van der Waals surface area contributed by atoms with Crippen molar-refractivity contribution in [2.75, 3.05) is 6.54 Å². The number of benzene rings is 2.